The normalized spacial score (nSPS) is 14.1. The Morgan fingerprint density at radius 3 is 2.45 bits per heavy atom. The van der Waals surface area contributed by atoms with Crippen molar-refractivity contribution in [2.75, 3.05) is 0 Å². The van der Waals surface area contributed by atoms with Crippen molar-refractivity contribution in [2.45, 2.75) is 45.3 Å². The molecule has 1 amide bonds. The summed E-state index contributed by atoms with van der Waals surface area (Å²) in [5.41, 5.74) is -0.0800. The third-order valence-corrected chi connectivity index (χ3v) is 3.72. The Labute approximate surface area is 143 Å². The summed E-state index contributed by atoms with van der Waals surface area (Å²) in [5, 5.41) is 12.2. The number of carbonyl (C=O) groups excluding carboxylic acids is 1. The smallest absolute Gasteiger partial charge is 0.408 e. The highest BCUT2D eigenvalue weighted by molar-refractivity contribution is 9.10. The molecule has 0 radical (unpaired) electrons. The number of carbonyl (C=O) groups is 2. The Bertz CT molecular complexity index is 571. The summed E-state index contributed by atoms with van der Waals surface area (Å²) in [6.07, 6.45) is -0.780. The summed E-state index contributed by atoms with van der Waals surface area (Å²) in [5.74, 6) is -1.69. The van der Waals surface area contributed by atoms with Crippen LogP contribution in [0, 0.1) is 0 Å². The lowest BCUT2D eigenvalue weighted by molar-refractivity contribution is -0.140. The number of rotatable bonds is 4. The van der Waals surface area contributed by atoms with Crippen LogP contribution in [0.5, 0.6) is 0 Å². The number of ether oxygens (including phenoxy) is 1. The topological polar surface area (TPSA) is 75.6 Å². The first-order chi connectivity index (χ1) is 10.0. The van der Waals surface area contributed by atoms with Crippen LogP contribution in [0.3, 0.4) is 0 Å². The fourth-order valence-electron chi connectivity index (χ4n) is 1.88. The van der Waals surface area contributed by atoms with Gasteiger partial charge in [-0.2, -0.15) is 0 Å². The van der Waals surface area contributed by atoms with E-state index in [0.29, 0.717) is 10.6 Å². The third kappa shape index (κ3) is 5.50. The van der Waals surface area contributed by atoms with Gasteiger partial charge in [-0.15, -0.1) is 0 Å². The Hall–Kier alpha value is -1.27. The molecule has 7 heteroatoms. The number of carboxylic acids is 1. The van der Waals surface area contributed by atoms with Gasteiger partial charge >= 0.3 is 12.1 Å². The van der Waals surface area contributed by atoms with Gasteiger partial charge in [-0.25, -0.2) is 9.59 Å². The van der Waals surface area contributed by atoms with E-state index in [4.69, 9.17) is 16.3 Å². The van der Waals surface area contributed by atoms with Crippen molar-refractivity contribution in [3.8, 4) is 0 Å². The van der Waals surface area contributed by atoms with E-state index >= 15 is 0 Å². The maximum Gasteiger partial charge on any atom is 0.408 e. The molecular weight excluding hydrogens is 374 g/mol. The molecule has 0 aliphatic heterocycles. The molecule has 1 aromatic rings. The van der Waals surface area contributed by atoms with Gasteiger partial charge in [0.05, 0.1) is 0 Å². The molecule has 22 heavy (non-hydrogen) atoms. The molecule has 2 N–H and O–H groups in total. The molecule has 2 atom stereocenters. The monoisotopic (exact) mass is 391 g/mol. The van der Waals surface area contributed by atoms with Crippen molar-refractivity contribution in [1.29, 1.82) is 0 Å². The van der Waals surface area contributed by atoms with Gasteiger partial charge in [-0.05, 0) is 44.5 Å². The van der Waals surface area contributed by atoms with E-state index in [1.54, 1.807) is 45.9 Å². The summed E-state index contributed by atoms with van der Waals surface area (Å²) in [6.45, 7) is 6.80. The lowest BCUT2D eigenvalue weighted by Crippen LogP contribution is -2.46. The zero-order valence-corrected chi connectivity index (χ0v) is 15.2. The lowest BCUT2D eigenvalue weighted by Gasteiger charge is -2.25. The highest BCUT2D eigenvalue weighted by Gasteiger charge is 2.30. The fraction of sp³-hybridized carbons (Fsp3) is 0.467. The summed E-state index contributed by atoms with van der Waals surface area (Å²) in [7, 11) is 0. The molecule has 0 spiro atoms. The molecule has 1 aromatic carbocycles. The fourth-order valence-corrected chi connectivity index (χ4v) is 2.55. The van der Waals surface area contributed by atoms with Gasteiger partial charge in [0.2, 0.25) is 0 Å². The minimum atomic E-state index is -1.16. The number of halogens is 2. The van der Waals surface area contributed by atoms with Crippen LogP contribution in [0.25, 0.3) is 0 Å². The Balaban J connectivity index is 2.98. The second-order valence-electron chi connectivity index (χ2n) is 5.92. The third-order valence-electron chi connectivity index (χ3n) is 2.89. The molecule has 0 saturated heterocycles. The summed E-state index contributed by atoms with van der Waals surface area (Å²) >= 11 is 9.45. The number of amides is 1. The van der Waals surface area contributed by atoms with Crippen LogP contribution < -0.4 is 5.32 Å². The van der Waals surface area contributed by atoms with Crippen LogP contribution in [0.15, 0.2) is 22.7 Å². The molecule has 0 fully saturated rings. The van der Waals surface area contributed by atoms with E-state index < -0.39 is 29.6 Å². The second kappa shape index (κ2) is 7.33. The zero-order valence-electron chi connectivity index (χ0n) is 12.8. The predicted octanol–water partition coefficient (Wildman–Crippen LogP) is 4.18. The van der Waals surface area contributed by atoms with Crippen LogP contribution >= 0.6 is 27.5 Å². The van der Waals surface area contributed by atoms with Gasteiger partial charge in [-0.3, -0.25) is 0 Å². The van der Waals surface area contributed by atoms with Gasteiger partial charge in [0.25, 0.3) is 0 Å². The Morgan fingerprint density at radius 2 is 1.95 bits per heavy atom. The van der Waals surface area contributed by atoms with Crippen LogP contribution in [0.2, 0.25) is 5.02 Å². The first kappa shape index (κ1) is 18.8. The molecule has 0 aromatic heterocycles. The van der Waals surface area contributed by atoms with Crippen LogP contribution in [-0.2, 0) is 9.53 Å². The molecule has 0 heterocycles. The van der Waals surface area contributed by atoms with Gasteiger partial charge in [0.1, 0.15) is 11.6 Å². The average Bonchev–Trinajstić information content (AvgIpc) is 2.35. The lowest BCUT2D eigenvalue weighted by atomic mass is 9.93. The van der Waals surface area contributed by atoms with E-state index in [1.165, 1.54) is 0 Å². The second-order valence-corrected chi connectivity index (χ2v) is 7.24. The van der Waals surface area contributed by atoms with Gasteiger partial charge < -0.3 is 15.2 Å². The van der Waals surface area contributed by atoms with Crippen LogP contribution in [-0.4, -0.2) is 28.8 Å². The minimum absolute atomic E-state index is 0.438. The molecule has 1 rings (SSSR count). The van der Waals surface area contributed by atoms with Gasteiger partial charge in [-0.1, -0.05) is 34.5 Å². The molecular formula is C15H19BrClNO4. The first-order valence-electron chi connectivity index (χ1n) is 6.68. The highest BCUT2D eigenvalue weighted by atomic mass is 79.9. The number of benzene rings is 1. The summed E-state index contributed by atoms with van der Waals surface area (Å²) < 4.78 is 5.88. The number of hydrogen-bond donors (Lipinski definition) is 2. The number of alkyl carbamates (subject to hydrolysis) is 1. The molecule has 0 bridgehead atoms. The maximum absolute atomic E-state index is 11.8. The standard InChI is InChI=1S/C15H19BrClNO4/c1-8(10-7-9(16)5-6-11(10)17)12(13(19)20)18-14(21)22-15(2,3)4/h5-8,12H,1-4H3,(H,18,21)(H,19,20). The number of aliphatic carboxylic acids is 1. The minimum Gasteiger partial charge on any atom is -0.480 e. The molecule has 0 aliphatic carbocycles. The van der Waals surface area contributed by atoms with Crippen molar-refractivity contribution in [3.63, 3.8) is 0 Å². The van der Waals surface area contributed by atoms with Crippen LogP contribution in [0.1, 0.15) is 39.2 Å². The SMILES string of the molecule is CC(c1cc(Br)ccc1Cl)C(NC(=O)OC(C)(C)C)C(=O)O. The maximum atomic E-state index is 11.8. The van der Waals surface area contributed by atoms with E-state index in [1.807, 2.05) is 0 Å². The summed E-state index contributed by atoms with van der Waals surface area (Å²) in [4.78, 5) is 23.3. The molecule has 0 saturated carbocycles. The largest absolute Gasteiger partial charge is 0.480 e. The number of carboxylic acid groups (broad SMARTS) is 1. The highest BCUT2D eigenvalue weighted by Crippen LogP contribution is 2.30. The molecule has 122 valence electrons. The molecule has 0 aliphatic rings. The zero-order chi connectivity index (χ0) is 17.1. The average molecular weight is 393 g/mol. The molecule has 5 nitrogen and oxygen atoms in total. The molecule has 2 unspecified atom stereocenters. The van der Waals surface area contributed by atoms with Crippen molar-refractivity contribution in [3.05, 3.63) is 33.3 Å². The van der Waals surface area contributed by atoms with Crippen molar-refractivity contribution in [1.82, 2.24) is 5.32 Å². The Kier molecular flexibility index (Phi) is 6.26. The first-order valence-corrected chi connectivity index (χ1v) is 7.85. The van der Waals surface area contributed by atoms with Crippen molar-refractivity contribution in [2.24, 2.45) is 0 Å². The van der Waals surface area contributed by atoms with Gasteiger partial charge in [0, 0.05) is 15.4 Å². The predicted molar refractivity (Wildman–Crippen MR) is 88.4 cm³/mol. The quantitative estimate of drug-likeness (QED) is 0.806. The van der Waals surface area contributed by atoms with Crippen molar-refractivity contribution < 1.29 is 19.4 Å². The Morgan fingerprint density at radius 1 is 1.36 bits per heavy atom. The van der Waals surface area contributed by atoms with E-state index in [0.717, 1.165) is 4.47 Å². The summed E-state index contributed by atoms with van der Waals surface area (Å²) in [6, 6.07) is 4.01. The number of nitrogens with one attached hydrogen (secondary N) is 1. The van der Waals surface area contributed by atoms with E-state index in [9.17, 15) is 14.7 Å². The van der Waals surface area contributed by atoms with Gasteiger partial charge in [0.15, 0.2) is 0 Å². The number of hydrogen-bond acceptors (Lipinski definition) is 3. The van der Waals surface area contributed by atoms with Crippen LogP contribution in [0.4, 0.5) is 4.79 Å². The van der Waals surface area contributed by atoms with E-state index in [2.05, 4.69) is 21.2 Å². The van der Waals surface area contributed by atoms with E-state index in [-0.39, 0.29) is 0 Å². The van der Waals surface area contributed by atoms with Crippen molar-refractivity contribution >= 4 is 39.6 Å².